The molecule has 1 saturated heterocycles. The van der Waals surface area contributed by atoms with Gasteiger partial charge in [-0.2, -0.15) is 5.10 Å². The molecule has 2 N–H and O–H groups in total. The number of hydrogen-bond acceptors (Lipinski definition) is 4. The maximum Gasteiger partial charge on any atom is 0.271 e. The van der Waals surface area contributed by atoms with Crippen LogP contribution in [0.3, 0.4) is 0 Å². The van der Waals surface area contributed by atoms with Crippen molar-refractivity contribution in [2.45, 2.75) is 25.3 Å². The molecule has 0 aromatic carbocycles. The molecular formula is C13H23ClN4O2. The Morgan fingerprint density at radius 1 is 1.65 bits per heavy atom. The van der Waals surface area contributed by atoms with E-state index in [0.29, 0.717) is 24.9 Å². The molecule has 0 aliphatic carbocycles. The minimum Gasteiger partial charge on any atom is -0.385 e. The molecule has 0 radical (unpaired) electrons. The Kier molecular flexibility index (Phi) is 7.58. The second-order valence-corrected chi connectivity index (χ2v) is 4.78. The van der Waals surface area contributed by atoms with E-state index in [1.807, 2.05) is 10.9 Å². The lowest BCUT2D eigenvalue weighted by Crippen LogP contribution is -2.32. The number of hydrogen-bond donors (Lipinski definition) is 2. The molecule has 0 spiro atoms. The molecule has 0 bridgehead atoms. The highest BCUT2D eigenvalue weighted by atomic mass is 35.5. The summed E-state index contributed by atoms with van der Waals surface area (Å²) in [7, 11) is 1.65. The van der Waals surface area contributed by atoms with Gasteiger partial charge < -0.3 is 15.4 Å². The number of ether oxygens (including phenoxy) is 1. The first kappa shape index (κ1) is 16.9. The van der Waals surface area contributed by atoms with Crippen LogP contribution >= 0.6 is 12.4 Å². The van der Waals surface area contributed by atoms with Crippen LogP contribution in [0.15, 0.2) is 12.3 Å². The molecule has 1 aliphatic rings. The van der Waals surface area contributed by atoms with Gasteiger partial charge in [0, 0.05) is 33.0 Å². The Balaban J connectivity index is 0.00000200. The van der Waals surface area contributed by atoms with Crippen molar-refractivity contribution in [1.29, 1.82) is 0 Å². The first-order valence-corrected chi connectivity index (χ1v) is 6.84. The maximum atomic E-state index is 11.9. The van der Waals surface area contributed by atoms with Gasteiger partial charge in [-0.15, -0.1) is 12.4 Å². The van der Waals surface area contributed by atoms with E-state index < -0.39 is 0 Å². The monoisotopic (exact) mass is 302 g/mol. The molecule has 1 amide bonds. The molecular weight excluding hydrogens is 280 g/mol. The van der Waals surface area contributed by atoms with E-state index in [-0.39, 0.29) is 18.3 Å². The van der Waals surface area contributed by atoms with Crippen molar-refractivity contribution in [3.8, 4) is 0 Å². The predicted molar refractivity (Wildman–Crippen MR) is 79.4 cm³/mol. The molecule has 7 heteroatoms. The summed E-state index contributed by atoms with van der Waals surface area (Å²) in [5.41, 5.74) is 0.489. The van der Waals surface area contributed by atoms with Crippen LogP contribution < -0.4 is 10.6 Å². The lowest BCUT2D eigenvalue weighted by molar-refractivity contribution is 0.0942. The van der Waals surface area contributed by atoms with Crippen molar-refractivity contribution in [2.75, 3.05) is 33.4 Å². The molecule has 114 valence electrons. The summed E-state index contributed by atoms with van der Waals surface area (Å²) in [5, 5.41) is 10.6. The number of carbonyl (C=O) groups excluding carboxylic acids is 1. The normalized spacial score (nSPS) is 18.4. The fourth-order valence-corrected chi connectivity index (χ4v) is 2.23. The van der Waals surface area contributed by atoms with Gasteiger partial charge in [-0.1, -0.05) is 0 Å². The number of methoxy groups -OCH3 is 1. The van der Waals surface area contributed by atoms with Crippen LogP contribution in [0, 0.1) is 0 Å². The number of carbonyl (C=O) groups is 1. The van der Waals surface area contributed by atoms with Gasteiger partial charge in [0.1, 0.15) is 5.69 Å². The molecule has 20 heavy (non-hydrogen) atoms. The van der Waals surface area contributed by atoms with E-state index in [1.54, 1.807) is 13.2 Å². The number of aromatic nitrogens is 2. The average molecular weight is 303 g/mol. The molecule has 1 aromatic heterocycles. The fraction of sp³-hybridized carbons (Fsp3) is 0.692. The Morgan fingerprint density at radius 3 is 3.20 bits per heavy atom. The van der Waals surface area contributed by atoms with Crippen LogP contribution in [0.4, 0.5) is 0 Å². The van der Waals surface area contributed by atoms with Crippen LogP contribution in [0.25, 0.3) is 0 Å². The number of nitrogens with one attached hydrogen (secondary N) is 2. The molecule has 1 aromatic rings. The Labute approximate surface area is 125 Å². The molecule has 6 nitrogen and oxygen atoms in total. The van der Waals surface area contributed by atoms with Crippen LogP contribution in [0.5, 0.6) is 0 Å². The van der Waals surface area contributed by atoms with E-state index >= 15 is 0 Å². The lowest BCUT2D eigenvalue weighted by Gasteiger charge is -2.22. The number of nitrogens with zero attached hydrogens (tertiary/aromatic N) is 2. The molecule has 1 aliphatic heterocycles. The van der Waals surface area contributed by atoms with Crippen molar-refractivity contribution < 1.29 is 9.53 Å². The van der Waals surface area contributed by atoms with Gasteiger partial charge >= 0.3 is 0 Å². The first-order valence-electron chi connectivity index (χ1n) is 6.84. The lowest BCUT2D eigenvalue weighted by atomic mass is 10.1. The van der Waals surface area contributed by atoms with Crippen LogP contribution in [0.1, 0.15) is 35.8 Å². The van der Waals surface area contributed by atoms with Crippen molar-refractivity contribution in [3.05, 3.63) is 18.0 Å². The summed E-state index contributed by atoms with van der Waals surface area (Å²) in [6.45, 7) is 3.27. The highest BCUT2D eigenvalue weighted by Crippen LogP contribution is 2.15. The average Bonchev–Trinajstić information content (AvgIpc) is 2.94. The van der Waals surface area contributed by atoms with Crippen LogP contribution in [-0.4, -0.2) is 49.0 Å². The van der Waals surface area contributed by atoms with Gasteiger partial charge in [-0.05, 0) is 31.9 Å². The summed E-state index contributed by atoms with van der Waals surface area (Å²) >= 11 is 0. The smallest absolute Gasteiger partial charge is 0.271 e. The maximum absolute atomic E-state index is 11.9. The zero-order valence-electron chi connectivity index (χ0n) is 11.8. The van der Waals surface area contributed by atoms with E-state index in [1.165, 1.54) is 0 Å². The van der Waals surface area contributed by atoms with Crippen molar-refractivity contribution in [3.63, 3.8) is 0 Å². The quantitative estimate of drug-likeness (QED) is 0.769. The summed E-state index contributed by atoms with van der Waals surface area (Å²) in [6, 6.07) is 2.14. The molecule has 1 fully saturated rings. The number of piperidine rings is 1. The highest BCUT2D eigenvalue weighted by molar-refractivity contribution is 5.92. The van der Waals surface area contributed by atoms with E-state index in [0.717, 1.165) is 32.4 Å². The third-order valence-corrected chi connectivity index (χ3v) is 3.30. The number of amides is 1. The van der Waals surface area contributed by atoms with Crippen molar-refractivity contribution in [2.24, 2.45) is 0 Å². The van der Waals surface area contributed by atoms with Gasteiger partial charge in [-0.25, -0.2) is 0 Å². The second kappa shape index (κ2) is 8.94. The van der Waals surface area contributed by atoms with E-state index in [4.69, 9.17) is 4.74 Å². The summed E-state index contributed by atoms with van der Waals surface area (Å²) in [6.07, 6.45) is 4.98. The number of rotatable bonds is 6. The Morgan fingerprint density at radius 2 is 2.50 bits per heavy atom. The van der Waals surface area contributed by atoms with Gasteiger partial charge in [0.25, 0.3) is 5.91 Å². The first-order chi connectivity index (χ1) is 9.31. The molecule has 2 rings (SSSR count). The third kappa shape index (κ3) is 4.77. The Hall–Kier alpha value is -1.11. The topological polar surface area (TPSA) is 68.2 Å². The van der Waals surface area contributed by atoms with Crippen LogP contribution in [0.2, 0.25) is 0 Å². The molecule has 1 atom stereocenters. The SMILES string of the molecule is COCCCNC(=O)c1ccn(C2CCCNC2)n1.Cl. The van der Waals surface area contributed by atoms with Gasteiger partial charge in [0.05, 0.1) is 6.04 Å². The second-order valence-electron chi connectivity index (χ2n) is 4.78. The van der Waals surface area contributed by atoms with Gasteiger partial charge in [0.2, 0.25) is 0 Å². The largest absolute Gasteiger partial charge is 0.385 e. The zero-order valence-corrected chi connectivity index (χ0v) is 12.6. The fourth-order valence-electron chi connectivity index (χ4n) is 2.23. The molecule has 2 heterocycles. The van der Waals surface area contributed by atoms with Crippen molar-refractivity contribution in [1.82, 2.24) is 20.4 Å². The summed E-state index contributed by atoms with van der Waals surface area (Å²) in [4.78, 5) is 11.9. The predicted octanol–water partition coefficient (Wildman–Crippen LogP) is 0.996. The standard InChI is InChI=1S/C13H22N4O2.ClH/c1-19-9-3-7-15-13(18)12-5-8-17(16-12)11-4-2-6-14-10-11;/h5,8,11,14H,2-4,6-7,9-10H2,1H3,(H,15,18);1H. The van der Waals surface area contributed by atoms with Gasteiger partial charge in [0.15, 0.2) is 0 Å². The van der Waals surface area contributed by atoms with E-state index in [9.17, 15) is 4.79 Å². The third-order valence-electron chi connectivity index (χ3n) is 3.30. The molecule has 0 saturated carbocycles. The number of halogens is 1. The summed E-state index contributed by atoms with van der Waals surface area (Å²) in [5.74, 6) is -0.112. The van der Waals surface area contributed by atoms with Gasteiger partial charge in [-0.3, -0.25) is 9.48 Å². The Bertz CT molecular complexity index is 405. The summed E-state index contributed by atoms with van der Waals surface area (Å²) < 4.78 is 6.83. The zero-order chi connectivity index (χ0) is 13.5. The van der Waals surface area contributed by atoms with Crippen molar-refractivity contribution >= 4 is 18.3 Å². The minimum absolute atomic E-state index is 0. The minimum atomic E-state index is -0.112. The van der Waals surface area contributed by atoms with E-state index in [2.05, 4.69) is 15.7 Å². The molecule has 1 unspecified atom stereocenters. The van der Waals surface area contributed by atoms with Crippen LogP contribution in [-0.2, 0) is 4.74 Å². The highest BCUT2D eigenvalue weighted by Gasteiger charge is 2.17.